The summed E-state index contributed by atoms with van der Waals surface area (Å²) in [5.41, 5.74) is 4.94. The van der Waals surface area contributed by atoms with Crippen molar-refractivity contribution >= 4 is 40.6 Å². The quantitative estimate of drug-likeness (QED) is 0.393. The molecule has 2 aromatic carbocycles. The standard InChI is InChI=1S/C26H25N3O4S/c1-5-33-25(31)18-7-6-8-21(14-18)29-16(2)13-19(17(29)3)15-23-24(30)28-26(34-23)27-20-9-11-22(32-4)12-10-20/h6-15H,5H2,1-4H3,(H,27,28,30)/b23-15+. The molecule has 1 aliphatic rings. The van der Waals surface area contributed by atoms with E-state index in [1.165, 1.54) is 11.8 Å². The molecule has 0 bridgehead atoms. The molecule has 1 fully saturated rings. The third-order valence-electron chi connectivity index (χ3n) is 5.33. The van der Waals surface area contributed by atoms with Gasteiger partial charge in [0.1, 0.15) is 5.75 Å². The summed E-state index contributed by atoms with van der Waals surface area (Å²) in [4.78, 5) is 29.8. The first-order chi connectivity index (χ1) is 16.4. The van der Waals surface area contributed by atoms with Crippen LogP contribution in [0.5, 0.6) is 5.75 Å². The molecule has 0 spiro atoms. The number of thioether (sulfide) groups is 1. The molecule has 1 aliphatic heterocycles. The average molecular weight is 476 g/mol. The Hall–Kier alpha value is -3.78. The maximum Gasteiger partial charge on any atom is 0.338 e. The predicted molar refractivity (Wildman–Crippen MR) is 135 cm³/mol. The number of hydrogen-bond acceptors (Lipinski definition) is 6. The zero-order chi connectivity index (χ0) is 24.2. The number of methoxy groups -OCH3 is 1. The molecule has 2 heterocycles. The monoisotopic (exact) mass is 475 g/mol. The van der Waals surface area contributed by atoms with Crippen molar-refractivity contribution in [1.29, 1.82) is 0 Å². The van der Waals surface area contributed by atoms with Gasteiger partial charge in [-0.1, -0.05) is 6.07 Å². The molecule has 1 saturated heterocycles. The van der Waals surface area contributed by atoms with Crippen molar-refractivity contribution in [3.05, 3.63) is 82.0 Å². The number of carbonyl (C=O) groups excluding carboxylic acids is 2. The molecule has 7 nitrogen and oxygen atoms in total. The zero-order valence-corrected chi connectivity index (χ0v) is 20.2. The van der Waals surface area contributed by atoms with Crippen molar-refractivity contribution in [3.63, 3.8) is 0 Å². The summed E-state index contributed by atoms with van der Waals surface area (Å²) in [5.74, 6) is 0.207. The first-order valence-electron chi connectivity index (χ1n) is 10.8. The van der Waals surface area contributed by atoms with Gasteiger partial charge in [0, 0.05) is 17.1 Å². The molecule has 0 saturated carbocycles. The molecule has 0 radical (unpaired) electrons. The summed E-state index contributed by atoms with van der Waals surface area (Å²) in [7, 11) is 1.61. The Morgan fingerprint density at radius 1 is 1.15 bits per heavy atom. The van der Waals surface area contributed by atoms with Crippen LogP contribution in [0.3, 0.4) is 0 Å². The molecule has 1 aromatic heterocycles. The zero-order valence-electron chi connectivity index (χ0n) is 19.4. The highest BCUT2D eigenvalue weighted by atomic mass is 32.2. The maximum atomic E-state index is 12.6. The van der Waals surface area contributed by atoms with Gasteiger partial charge >= 0.3 is 5.97 Å². The number of nitrogens with zero attached hydrogens (tertiary/aromatic N) is 2. The second-order valence-corrected chi connectivity index (χ2v) is 8.64. The molecule has 0 atom stereocenters. The maximum absolute atomic E-state index is 12.6. The van der Waals surface area contributed by atoms with E-state index < -0.39 is 0 Å². The molecule has 0 aliphatic carbocycles. The third kappa shape index (κ3) is 4.92. The van der Waals surface area contributed by atoms with E-state index in [0.717, 1.165) is 34.1 Å². The van der Waals surface area contributed by atoms with Crippen LogP contribution >= 0.6 is 11.8 Å². The Morgan fingerprint density at radius 2 is 1.91 bits per heavy atom. The van der Waals surface area contributed by atoms with Crippen LogP contribution in [0.1, 0.15) is 34.2 Å². The van der Waals surface area contributed by atoms with Crippen LogP contribution in [-0.2, 0) is 9.53 Å². The van der Waals surface area contributed by atoms with Gasteiger partial charge in [-0.25, -0.2) is 9.79 Å². The van der Waals surface area contributed by atoms with Crippen molar-refractivity contribution in [2.24, 2.45) is 4.99 Å². The molecule has 8 heteroatoms. The summed E-state index contributed by atoms with van der Waals surface area (Å²) in [6, 6.07) is 16.7. The summed E-state index contributed by atoms with van der Waals surface area (Å²) in [6.07, 6.45) is 1.87. The Kier molecular flexibility index (Phi) is 6.88. The first-order valence-corrected chi connectivity index (χ1v) is 11.6. The van der Waals surface area contributed by atoms with Crippen LogP contribution in [0.25, 0.3) is 11.8 Å². The van der Waals surface area contributed by atoms with Crippen LogP contribution in [0.15, 0.2) is 64.5 Å². The van der Waals surface area contributed by atoms with E-state index in [2.05, 4.69) is 14.9 Å². The van der Waals surface area contributed by atoms with Gasteiger partial charge in [0.05, 0.1) is 29.9 Å². The minimum atomic E-state index is -0.350. The fourth-order valence-corrected chi connectivity index (χ4v) is 4.55. The number of amidine groups is 1. The number of ether oxygens (including phenoxy) is 2. The Bertz CT molecular complexity index is 1310. The highest BCUT2D eigenvalue weighted by Gasteiger charge is 2.24. The number of hydrogen-bond donors (Lipinski definition) is 1. The molecule has 4 rings (SSSR count). The van der Waals surface area contributed by atoms with Gasteiger partial charge in [-0.05, 0) is 92.7 Å². The number of amides is 1. The van der Waals surface area contributed by atoms with E-state index in [9.17, 15) is 9.59 Å². The normalized spacial score (nSPS) is 15.6. The molecule has 0 unspecified atom stereocenters. The number of esters is 1. The van der Waals surface area contributed by atoms with E-state index in [4.69, 9.17) is 9.47 Å². The largest absolute Gasteiger partial charge is 0.497 e. The fourth-order valence-electron chi connectivity index (χ4n) is 3.71. The van der Waals surface area contributed by atoms with Gasteiger partial charge < -0.3 is 19.4 Å². The van der Waals surface area contributed by atoms with Crippen LogP contribution in [0.4, 0.5) is 5.69 Å². The molecular weight excluding hydrogens is 450 g/mol. The van der Waals surface area contributed by atoms with Gasteiger partial charge in [0.2, 0.25) is 0 Å². The summed E-state index contributed by atoms with van der Waals surface area (Å²) in [6.45, 7) is 6.09. The van der Waals surface area contributed by atoms with E-state index >= 15 is 0 Å². The predicted octanol–water partition coefficient (Wildman–Crippen LogP) is 5.17. The van der Waals surface area contributed by atoms with Gasteiger partial charge in [-0.15, -0.1) is 0 Å². The number of benzene rings is 2. The molecule has 34 heavy (non-hydrogen) atoms. The van der Waals surface area contributed by atoms with Gasteiger partial charge in [0.25, 0.3) is 5.91 Å². The second-order valence-electron chi connectivity index (χ2n) is 7.61. The fraction of sp³-hybridized carbons (Fsp3) is 0.192. The lowest BCUT2D eigenvalue weighted by atomic mass is 10.2. The molecule has 3 aromatic rings. The highest BCUT2D eigenvalue weighted by molar-refractivity contribution is 8.18. The summed E-state index contributed by atoms with van der Waals surface area (Å²) < 4.78 is 12.3. The Labute approximate surface area is 202 Å². The molecule has 174 valence electrons. The summed E-state index contributed by atoms with van der Waals surface area (Å²) >= 11 is 1.30. The minimum absolute atomic E-state index is 0.189. The van der Waals surface area contributed by atoms with Crippen molar-refractivity contribution in [1.82, 2.24) is 9.88 Å². The van der Waals surface area contributed by atoms with Crippen molar-refractivity contribution in [2.45, 2.75) is 20.8 Å². The SMILES string of the molecule is CCOC(=O)c1cccc(-n2c(C)cc(/C=C3/SC(=Nc4ccc(OC)cc4)NC3=O)c2C)c1. The number of nitrogens with one attached hydrogen (secondary N) is 1. The smallest absolute Gasteiger partial charge is 0.338 e. The van der Waals surface area contributed by atoms with E-state index in [1.54, 1.807) is 20.1 Å². The Morgan fingerprint density at radius 3 is 2.62 bits per heavy atom. The van der Waals surface area contributed by atoms with Crippen molar-refractivity contribution in [2.75, 3.05) is 13.7 Å². The van der Waals surface area contributed by atoms with Crippen LogP contribution in [0, 0.1) is 13.8 Å². The number of aryl methyl sites for hydroxylation is 1. The van der Waals surface area contributed by atoms with Gasteiger partial charge in [-0.3, -0.25) is 4.79 Å². The van der Waals surface area contributed by atoms with Crippen molar-refractivity contribution in [3.8, 4) is 11.4 Å². The average Bonchev–Trinajstić information content (AvgIpc) is 3.31. The van der Waals surface area contributed by atoms with Crippen LogP contribution in [0.2, 0.25) is 0 Å². The number of carbonyl (C=O) groups is 2. The first kappa shape index (κ1) is 23.4. The lowest BCUT2D eigenvalue weighted by Gasteiger charge is -2.11. The van der Waals surface area contributed by atoms with E-state index in [-0.39, 0.29) is 11.9 Å². The molecule has 1 N–H and O–H groups in total. The minimum Gasteiger partial charge on any atom is -0.497 e. The number of aliphatic imine (C=N–C) groups is 1. The van der Waals surface area contributed by atoms with Crippen LogP contribution in [-0.4, -0.2) is 35.3 Å². The molecular formula is C26H25N3O4S. The van der Waals surface area contributed by atoms with E-state index in [0.29, 0.717) is 22.2 Å². The van der Waals surface area contributed by atoms with E-state index in [1.807, 2.05) is 68.5 Å². The van der Waals surface area contributed by atoms with Crippen LogP contribution < -0.4 is 10.1 Å². The highest BCUT2D eigenvalue weighted by Crippen LogP contribution is 2.31. The van der Waals surface area contributed by atoms with Gasteiger partial charge in [-0.2, -0.15) is 0 Å². The van der Waals surface area contributed by atoms with Gasteiger partial charge in [0.15, 0.2) is 5.17 Å². The number of aromatic nitrogens is 1. The number of rotatable bonds is 6. The Balaban J connectivity index is 1.60. The second kappa shape index (κ2) is 10.0. The topological polar surface area (TPSA) is 81.9 Å². The summed E-state index contributed by atoms with van der Waals surface area (Å²) in [5, 5.41) is 3.35. The lowest BCUT2D eigenvalue weighted by Crippen LogP contribution is -2.19. The van der Waals surface area contributed by atoms with Crippen molar-refractivity contribution < 1.29 is 19.1 Å². The molecule has 1 amide bonds. The lowest BCUT2D eigenvalue weighted by molar-refractivity contribution is -0.115. The third-order valence-corrected chi connectivity index (χ3v) is 6.24.